The molecule has 280 valence electrons. The number of nitrogens with zero attached hydrogens (tertiary/aromatic N) is 4. The molecule has 0 radical (unpaired) electrons. The minimum absolute atomic E-state index is 0.0381. The highest BCUT2D eigenvalue weighted by molar-refractivity contribution is 6.36. The first kappa shape index (κ1) is 36.0. The molecule has 0 spiro atoms. The number of amides is 3. The first-order valence-corrected chi connectivity index (χ1v) is 18.3. The average molecular weight is 740 g/mol. The van der Waals surface area contributed by atoms with E-state index in [1.807, 2.05) is 20.8 Å². The van der Waals surface area contributed by atoms with E-state index in [2.05, 4.69) is 25.2 Å². The summed E-state index contributed by atoms with van der Waals surface area (Å²) in [7, 11) is 0. The van der Waals surface area contributed by atoms with Crippen molar-refractivity contribution in [2.45, 2.75) is 70.7 Å². The number of likely N-dealkylation sites (tertiary alicyclic amines) is 1. The number of benzene rings is 1. The Morgan fingerprint density at radius 1 is 1.10 bits per heavy atom. The fraction of sp³-hybridized carbons (Fsp3) is 0.583. The maximum absolute atomic E-state index is 14.2. The molecule has 4 heterocycles. The van der Waals surface area contributed by atoms with Gasteiger partial charge in [0.15, 0.2) is 0 Å². The van der Waals surface area contributed by atoms with E-state index in [4.69, 9.17) is 41.0 Å². The number of hydrogen-bond donors (Lipinski definition) is 3. The molecule has 7 rings (SSSR count). The average Bonchev–Trinajstić information content (AvgIpc) is 3.46. The van der Waals surface area contributed by atoms with Crippen LogP contribution in [-0.4, -0.2) is 113 Å². The second-order valence-corrected chi connectivity index (χ2v) is 15.5. The molecule has 16 heteroatoms. The van der Waals surface area contributed by atoms with Gasteiger partial charge in [0.25, 0.3) is 6.01 Å². The zero-order valence-electron chi connectivity index (χ0n) is 29.6. The fourth-order valence-corrected chi connectivity index (χ4v) is 7.67. The molecule has 1 aromatic carbocycles. The molecule has 2 aromatic heterocycles. The maximum atomic E-state index is 14.2. The van der Waals surface area contributed by atoms with Crippen molar-refractivity contribution in [3.63, 3.8) is 0 Å². The molecule has 4 N–H and O–H groups in total. The Morgan fingerprint density at radius 2 is 1.87 bits per heavy atom. The lowest BCUT2D eigenvalue weighted by Crippen LogP contribution is -2.57. The smallest absolute Gasteiger partial charge is 0.408 e. The van der Waals surface area contributed by atoms with Crippen molar-refractivity contribution < 1.29 is 38.1 Å². The lowest BCUT2D eigenvalue weighted by Gasteiger charge is -2.35. The van der Waals surface area contributed by atoms with Gasteiger partial charge in [-0.1, -0.05) is 32.4 Å². The number of carbonyl (C=O) groups is 3. The van der Waals surface area contributed by atoms with Gasteiger partial charge in [-0.3, -0.25) is 14.5 Å². The number of hydrogen-bond acceptors (Lipinski definition) is 11. The third-order valence-corrected chi connectivity index (χ3v) is 10.6. The molecule has 2 aliphatic heterocycles. The van der Waals surface area contributed by atoms with Crippen LogP contribution in [0, 0.1) is 17.3 Å². The van der Waals surface area contributed by atoms with Crippen LogP contribution in [0.5, 0.6) is 23.4 Å². The molecule has 3 aromatic rings. The number of alkyl carbamates (subject to hydrolysis) is 1. The number of rotatable bonds is 12. The van der Waals surface area contributed by atoms with E-state index in [1.54, 1.807) is 30.6 Å². The van der Waals surface area contributed by atoms with Gasteiger partial charge in [0.2, 0.25) is 17.7 Å². The van der Waals surface area contributed by atoms with Crippen LogP contribution in [-0.2, 0) is 19.1 Å². The Morgan fingerprint density at radius 3 is 2.56 bits per heavy atom. The molecule has 0 bridgehead atoms. The molecule has 15 nitrogen and oxygen atoms in total. The van der Waals surface area contributed by atoms with Crippen molar-refractivity contribution in [3.8, 4) is 23.4 Å². The summed E-state index contributed by atoms with van der Waals surface area (Å²) in [5, 5.41) is 3.64. The number of morpholine rings is 1. The highest BCUT2D eigenvalue weighted by Crippen LogP contribution is 2.52. The highest BCUT2D eigenvalue weighted by atomic mass is 35.5. The van der Waals surface area contributed by atoms with Crippen LogP contribution in [0.3, 0.4) is 0 Å². The molecule has 2 unspecified atom stereocenters. The molecular formula is C36H46ClN7O8. The summed E-state index contributed by atoms with van der Waals surface area (Å²) in [5.74, 6) is 1.11. The number of H-pyrrole nitrogens is 1. The first-order chi connectivity index (χ1) is 24.9. The largest absolute Gasteiger partial charge is 0.491 e. The SMILES string of the molecule is CC(C)(C)[C@H](NC(=O)OC1C[C@@H]2C[C@@H]2C1)C(=O)N1CC(Oc2cc(Oc3ncc[nH]3)nc3c(Cl)c(OCCN4CCOCC4)ccc23)C[C@H]1C(N)=O. The van der Waals surface area contributed by atoms with Gasteiger partial charge in [0, 0.05) is 49.9 Å². The lowest BCUT2D eigenvalue weighted by atomic mass is 9.85. The third-order valence-electron chi connectivity index (χ3n) is 10.3. The molecule has 4 aliphatic rings. The Balaban J connectivity index is 1.10. The number of aromatic nitrogens is 3. The summed E-state index contributed by atoms with van der Waals surface area (Å²) in [6.07, 6.45) is 4.76. The minimum Gasteiger partial charge on any atom is -0.491 e. The van der Waals surface area contributed by atoms with Gasteiger partial charge in [-0.25, -0.2) is 14.8 Å². The number of primary amides is 1. The molecule has 2 saturated heterocycles. The van der Waals surface area contributed by atoms with E-state index < -0.39 is 41.5 Å². The topological polar surface area (TPSA) is 183 Å². The van der Waals surface area contributed by atoms with Crippen LogP contribution in [0.4, 0.5) is 4.79 Å². The highest BCUT2D eigenvalue weighted by Gasteiger charge is 2.48. The summed E-state index contributed by atoms with van der Waals surface area (Å²) in [4.78, 5) is 55.3. The molecule has 4 fully saturated rings. The van der Waals surface area contributed by atoms with Gasteiger partial charge in [0.05, 0.1) is 19.8 Å². The zero-order valence-corrected chi connectivity index (χ0v) is 30.4. The molecule has 52 heavy (non-hydrogen) atoms. The van der Waals surface area contributed by atoms with E-state index in [0.717, 1.165) is 25.9 Å². The van der Waals surface area contributed by atoms with E-state index >= 15 is 0 Å². The summed E-state index contributed by atoms with van der Waals surface area (Å²) in [6, 6.07) is 3.42. The number of fused-ring (bicyclic) bond motifs is 2. The summed E-state index contributed by atoms with van der Waals surface area (Å²) < 4.78 is 29.6. The van der Waals surface area contributed by atoms with Crippen molar-refractivity contribution in [1.29, 1.82) is 0 Å². The summed E-state index contributed by atoms with van der Waals surface area (Å²) in [6.45, 7) is 9.77. The molecule has 3 amide bonds. The number of aromatic amines is 1. The summed E-state index contributed by atoms with van der Waals surface area (Å²) in [5.41, 5.74) is 5.52. The Labute approximate surface area is 306 Å². The Hall–Kier alpha value is -4.34. The van der Waals surface area contributed by atoms with E-state index in [9.17, 15) is 14.4 Å². The predicted molar refractivity (Wildman–Crippen MR) is 189 cm³/mol. The Bertz CT molecular complexity index is 1770. The summed E-state index contributed by atoms with van der Waals surface area (Å²) >= 11 is 6.90. The zero-order chi connectivity index (χ0) is 36.6. The monoisotopic (exact) mass is 739 g/mol. The van der Waals surface area contributed by atoms with Crippen LogP contribution >= 0.6 is 11.6 Å². The maximum Gasteiger partial charge on any atom is 0.408 e. The van der Waals surface area contributed by atoms with Crippen molar-refractivity contribution >= 4 is 40.4 Å². The number of ether oxygens (including phenoxy) is 5. The predicted octanol–water partition coefficient (Wildman–Crippen LogP) is 3.89. The van der Waals surface area contributed by atoms with Gasteiger partial charge in [-0.2, -0.15) is 0 Å². The van der Waals surface area contributed by atoms with Crippen LogP contribution in [0.25, 0.3) is 10.9 Å². The quantitative estimate of drug-likeness (QED) is 0.245. The lowest BCUT2D eigenvalue weighted by molar-refractivity contribution is -0.141. The number of imidazole rings is 1. The fourth-order valence-electron chi connectivity index (χ4n) is 7.41. The van der Waals surface area contributed by atoms with Crippen molar-refractivity contribution in [3.05, 3.63) is 35.6 Å². The molecule has 2 saturated carbocycles. The van der Waals surface area contributed by atoms with E-state index in [-0.39, 0.29) is 36.0 Å². The van der Waals surface area contributed by atoms with Gasteiger partial charge >= 0.3 is 6.09 Å². The van der Waals surface area contributed by atoms with Crippen molar-refractivity contribution in [2.75, 3.05) is 46.0 Å². The van der Waals surface area contributed by atoms with Crippen LogP contribution < -0.4 is 25.3 Å². The normalized spacial score (nSPS) is 25.0. The Kier molecular flexibility index (Phi) is 10.4. The van der Waals surface area contributed by atoms with Crippen LogP contribution in [0.1, 0.15) is 46.5 Å². The van der Waals surface area contributed by atoms with E-state index in [1.165, 1.54) is 11.3 Å². The minimum atomic E-state index is -0.980. The van der Waals surface area contributed by atoms with Gasteiger partial charge in [-0.15, -0.1) is 0 Å². The second kappa shape index (κ2) is 15.0. The van der Waals surface area contributed by atoms with Crippen molar-refractivity contribution in [1.82, 2.24) is 30.1 Å². The number of nitrogens with two attached hydrogens (primary N) is 1. The molecule has 2 aliphatic carbocycles. The van der Waals surface area contributed by atoms with Gasteiger partial charge in [-0.05, 0) is 48.6 Å². The van der Waals surface area contributed by atoms with Crippen molar-refractivity contribution in [2.24, 2.45) is 23.0 Å². The van der Waals surface area contributed by atoms with Crippen LogP contribution in [0.2, 0.25) is 5.02 Å². The number of nitrogens with one attached hydrogen (secondary N) is 2. The third kappa shape index (κ3) is 8.16. The standard InChI is InChI=1S/C36H46ClN7O8/c1-36(2,3)31(42-35(47)51-22-15-20-14-21(20)16-22)33(46)44-19-23(17-25(44)32(38)45)50-27-18-28(52-34-39-6-7-40-34)41-30-24(27)4-5-26(29(30)37)49-13-10-43-8-11-48-12-9-43/h4-7,18,20-23,25,31H,8-17,19H2,1-3H3,(H2,38,45)(H,39,40)(H,42,47)/t20-,21+,22?,23?,25-,31+/m0/s1. The number of halogens is 1. The molecular weight excluding hydrogens is 694 g/mol. The van der Waals surface area contributed by atoms with Gasteiger partial charge < -0.3 is 44.6 Å². The number of pyridine rings is 1. The van der Waals surface area contributed by atoms with Gasteiger partial charge in [0.1, 0.15) is 52.9 Å². The molecule has 6 atom stereocenters. The van der Waals surface area contributed by atoms with E-state index in [0.29, 0.717) is 60.6 Å². The number of carbonyl (C=O) groups excluding carboxylic acids is 3. The second-order valence-electron chi connectivity index (χ2n) is 15.1. The van der Waals surface area contributed by atoms with Crippen LogP contribution in [0.15, 0.2) is 30.6 Å². The first-order valence-electron chi connectivity index (χ1n) is 17.9.